The summed E-state index contributed by atoms with van der Waals surface area (Å²) in [6, 6.07) is 7.92. The van der Waals surface area contributed by atoms with E-state index < -0.39 is 5.92 Å². The second-order valence-corrected chi connectivity index (χ2v) is 4.02. The lowest BCUT2D eigenvalue weighted by Gasteiger charge is -2.21. The van der Waals surface area contributed by atoms with Crippen LogP contribution in [0.1, 0.15) is 19.4 Å². The maximum absolute atomic E-state index is 12.8. The molecule has 18 heavy (non-hydrogen) atoms. The van der Waals surface area contributed by atoms with Crippen molar-refractivity contribution in [3.8, 4) is 6.07 Å². The Morgan fingerprint density at radius 3 is 2.33 bits per heavy atom. The van der Waals surface area contributed by atoms with E-state index in [9.17, 15) is 9.18 Å². The van der Waals surface area contributed by atoms with E-state index in [1.807, 2.05) is 19.9 Å². The predicted octanol–water partition coefficient (Wildman–Crippen LogP) is 2.38. The van der Waals surface area contributed by atoms with Gasteiger partial charge in [0, 0.05) is 13.1 Å². The van der Waals surface area contributed by atoms with Crippen LogP contribution < -0.4 is 0 Å². The average molecular weight is 248 g/mol. The maximum atomic E-state index is 12.8. The quantitative estimate of drug-likeness (QED) is 0.803. The van der Waals surface area contributed by atoms with Crippen LogP contribution in [0.4, 0.5) is 4.39 Å². The second kappa shape index (κ2) is 6.75. The van der Waals surface area contributed by atoms with Crippen LogP contribution >= 0.6 is 0 Å². The van der Waals surface area contributed by atoms with Crippen LogP contribution in [0.2, 0.25) is 0 Å². The number of hydrogen-bond donors (Lipinski definition) is 0. The van der Waals surface area contributed by atoms with Crippen molar-refractivity contribution in [3.63, 3.8) is 0 Å². The molecule has 4 heteroatoms. The van der Waals surface area contributed by atoms with Crippen molar-refractivity contribution in [1.82, 2.24) is 4.90 Å². The van der Waals surface area contributed by atoms with Crippen molar-refractivity contribution in [1.29, 1.82) is 5.26 Å². The molecule has 1 rings (SSSR count). The second-order valence-electron chi connectivity index (χ2n) is 4.02. The van der Waals surface area contributed by atoms with Crippen molar-refractivity contribution in [2.75, 3.05) is 13.1 Å². The molecule has 0 bridgehead atoms. The van der Waals surface area contributed by atoms with Crippen molar-refractivity contribution >= 4 is 5.91 Å². The van der Waals surface area contributed by atoms with Crippen LogP contribution in [-0.4, -0.2) is 23.9 Å². The Morgan fingerprint density at radius 2 is 1.89 bits per heavy atom. The number of amides is 1. The summed E-state index contributed by atoms with van der Waals surface area (Å²) in [6.45, 7) is 4.95. The van der Waals surface area contributed by atoms with Gasteiger partial charge in [-0.25, -0.2) is 4.39 Å². The number of carbonyl (C=O) groups is 1. The molecule has 96 valence electrons. The van der Waals surface area contributed by atoms with E-state index in [-0.39, 0.29) is 11.7 Å². The highest BCUT2D eigenvalue weighted by Gasteiger charge is 2.22. The van der Waals surface area contributed by atoms with Crippen LogP contribution in [0.25, 0.3) is 0 Å². The molecule has 0 heterocycles. The molecule has 0 N–H and O–H groups in total. The number of halogens is 1. The van der Waals surface area contributed by atoms with Crippen molar-refractivity contribution in [2.24, 2.45) is 5.92 Å². The van der Waals surface area contributed by atoms with Crippen LogP contribution in [0, 0.1) is 23.1 Å². The Hall–Kier alpha value is -1.89. The summed E-state index contributed by atoms with van der Waals surface area (Å²) >= 11 is 0. The average Bonchev–Trinajstić information content (AvgIpc) is 2.39. The summed E-state index contributed by atoms with van der Waals surface area (Å²) in [4.78, 5) is 13.7. The molecular weight excluding hydrogens is 231 g/mol. The monoisotopic (exact) mass is 248 g/mol. The number of benzene rings is 1. The Labute approximate surface area is 107 Å². The van der Waals surface area contributed by atoms with Gasteiger partial charge in [0.1, 0.15) is 11.7 Å². The van der Waals surface area contributed by atoms with E-state index in [2.05, 4.69) is 0 Å². The van der Waals surface area contributed by atoms with Gasteiger partial charge in [-0.2, -0.15) is 5.26 Å². The van der Waals surface area contributed by atoms with Crippen LogP contribution in [0.5, 0.6) is 0 Å². The van der Waals surface area contributed by atoms with Gasteiger partial charge >= 0.3 is 0 Å². The largest absolute Gasteiger partial charge is 0.342 e. The minimum Gasteiger partial charge on any atom is -0.342 e. The molecule has 1 amide bonds. The highest BCUT2D eigenvalue weighted by atomic mass is 19.1. The van der Waals surface area contributed by atoms with Crippen LogP contribution in [-0.2, 0) is 11.2 Å². The zero-order valence-electron chi connectivity index (χ0n) is 10.7. The molecule has 3 nitrogen and oxygen atoms in total. The van der Waals surface area contributed by atoms with Gasteiger partial charge < -0.3 is 4.90 Å². The van der Waals surface area contributed by atoms with E-state index >= 15 is 0 Å². The summed E-state index contributed by atoms with van der Waals surface area (Å²) in [5, 5.41) is 9.08. The number of hydrogen-bond acceptors (Lipinski definition) is 2. The predicted molar refractivity (Wildman–Crippen MR) is 67.1 cm³/mol. The first-order valence-electron chi connectivity index (χ1n) is 6.05. The molecule has 0 aliphatic carbocycles. The first-order valence-corrected chi connectivity index (χ1v) is 6.05. The fraction of sp³-hybridized carbons (Fsp3) is 0.429. The minimum atomic E-state index is -0.699. The summed E-state index contributed by atoms with van der Waals surface area (Å²) in [5.74, 6) is -1.18. The first-order chi connectivity index (χ1) is 8.62. The van der Waals surface area contributed by atoms with E-state index in [1.165, 1.54) is 12.1 Å². The van der Waals surface area contributed by atoms with E-state index in [0.717, 1.165) is 5.56 Å². The Morgan fingerprint density at radius 1 is 1.33 bits per heavy atom. The molecule has 1 unspecified atom stereocenters. The van der Waals surface area contributed by atoms with Gasteiger partial charge in [0.15, 0.2) is 0 Å². The third-order valence-corrected chi connectivity index (χ3v) is 2.88. The van der Waals surface area contributed by atoms with Gasteiger partial charge in [0.25, 0.3) is 0 Å². The highest BCUT2D eigenvalue weighted by Crippen LogP contribution is 2.12. The zero-order chi connectivity index (χ0) is 13.5. The molecule has 1 aromatic rings. The van der Waals surface area contributed by atoms with Gasteiger partial charge in [-0.1, -0.05) is 12.1 Å². The lowest BCUT2D eigenvalue weighted by molar-refractivity contribution is -0.133. The number of nitriles is 1. The zero-order valence-corrected chi connectivity index (χ0v) is 10.7. The third kappa shape index (κ3) is 3.56. The molecule has 0 saturated carbocycles. The molecule has 1 atom stereocenters. The summed E-state index contributed by atoms with van der Waals surface area (Å²) in [6.07, 6.45) is 0.326. The molecule has 0 aromatic heterocycles. The standard InChI is InChI=1S/C14H17FN2O/c1-3-17(4-2)14(18)12(10-16)9-11-5-7-13(15)8-6-11/h5-8,12H,3-4,9H2,1-2H3. The molecule has 0 aliphatic heterocycles. The Balaban J connectivity index is 2.76. The number of nitrogens with zero attached hydrogens (tertiary/aromatic N) is 2. The first kappa shape index (κ1) is 14.2. The third-order valence-electron chi connectivity index (χ3n) is 2.88. The van der Waals surface area contributed by atoms with Gasteiger partial charge in [-0.15, -0.1) is 0 Å². The molecule has 1 aromatic carbocycles. The van der Waals surface area contributed by atoms with Crippen molar-refractivity contribution in [2.45, 2.75) is 20.3 Å². The van der Waals surface area contributed by atoms with E-state index in [1.54, 1.807) is 17.0 Å². The molecule has 0 spiro atoms. The summed E-state index contributed by atoms with van der Waals surface area (Å²) < 4.78 is 12.8. The molecule has 0 aliphatic rings. The van der Waals surface area contributed by atoms with Gasteiger partial charge in [-0.05, 0) is 38.0 Å². The number of rotatable bonds is 5. The fourth-order valence-corrected chi connectivity index (χ4v) is 1.80. The normalized spacial score (nSPS) is 11.7. The molecule has 0 saturated heterocycles. The van der Waals surface area contributed by atoms with Crippen LogP contribution in [0.3, 0.4) is 0 Å². The molecular formula is C14H17FN2O. The lowest BCUT2D eigenvalue weighted by atomic mass is 9.99. The van der Waals surface area contributed by atoms with Gasteiger partial charge in [0.2, 0.25) is 5.91 Å². The maximum Gasteiger partial charge on any atom is 0.240 e. The van der Waals surface area contributed by atoms with Crippen molar-refractivity contribution < 1.29 is 9.18 Å². The van der Waals surface area contributed by atoms with Gasteiger partial charge in [-0.3, -0.25) is 4.79 Å². The summed E-state index contributed by atoms with van der Waals surface area (Å²) in [7, 11) is 0. The SMILES string of the molecule is CCN(CC)C(=O)C(C#N)Cc1ccc(F)cc1. The fourth-order valence-electron chi connectivity index (χ4n) is 1.80. The van der Waals surface area contributed by atoms with Gasteiger partial charge in [0.05, 0.1) is 6.07 Å². The van der Waals surface area contributed by atoms with Crippen LogP contribution in [0.15, 0.2) is 24.3 Å². The summed E-state index contributed by atoms with van der Waals surface area (Å²) in [5.41, 5.74) is 0.795. The number of carbonyl (C=O) groups excluding carboxylic acids is 1. The topological polar surface area (TPSA) is 44.1 Å². The highest BCUT2D eigenvalue weighted by molar-refractivity contribution is 5.81. The Kier molecular flexibility index (Phi) is 5.31. The molecule has 0 radical (unpaired) electrons. The lowest BCUT2D eigenvalue weighted by Crippen LogP contribution is -2.36. The molecule has 0 fully saturated rings. The smallest absolute Gasteiger partial charge is 0.240 e. The van der Waals surface area contributed by atoms with E-state index in [0.29, 0.717) is 19.5 Å². The Bertz CT molecular complexity index is 432. The van der Waals surface area contributed by atoms with E-state index in [4.69, 9.17) is 5.26 Å². The minimum absolute atomic E-state index is 0.160. The van der Waals surface area contributed by atoms with Crippen molar-refractivity contribution in [3.05, 3.63) is 35.6 Å².